The summed E-state index contributed by atoms with van der Waals surface area (Å²) in [5.74, 6) is 0.666. The van der Waals surface area contributed by atoms with Gasteiger partial charge < -0.3 is 15.1 Å². The van der Waals surface area contributed by atoms with E-state index >= 15 is 0 Å². The molecular weight excluding hydrogens is 450 g/mol. The molecule has 0 spiro atoms. The molecule has 2 aromatic heterocycles. The summed E-state index contributed by atoms with van der Waals surface area (Å²) >= 11 is 0. The van der Waals surface area contributed by atoms with Gasteiger partial charge in [0.2, 0.25) is 5.95 Å². The SMILES string of the molecule is C=CCN1c2ncccc2-c2nc(Nc3ccc(N4CCN(C)CC4)c(C)c3)ncc2S1(=O)=O. The average Bonchev–Trinajstić information content (AvgIpc) is 2.83. The van der Waals surface area contributed by atoms with Crippen molar-refractivity contribution in [2.24, 2.45) is 0 Å². The minimum Gasteiger partial charge on any atom is -0.369 e. The molecule has 3 aromatic rings. The molecule has 0 unspecified atom stereocenters. The third-order valence-electron chi connectivity index (χ3n) is 6.19. The van der Waals surface area contributed by atoms with Crippen LogP contribution in [0.3, 0.4) is 0 Å². The Morgan fingerprint density at radius 2 is 1.94 bits per heavy atom. The second kappa shape index (κ2) is 8.69. The van der Waals surface area contributed by atoms with Crippen molar-refractivity contribution in [3.05, 3.63) is 60.9 Å². The van der Waals surface area contributed by atoms with Gasteiger partial charge >= 0.3 is 0 Å². The van der Waals surface area contributed by atoms with Crippen LogP contribution in [0.25, 0.3) is 11.3 Å². The molecule has 1 N–H and O–H groups in total. The first-order valence-corrected chi connectivity index (χ1v) is 12.6. The topological polar surface area (TPSA) is 94.6 Å². The number of nitrogens with zero attached hydrogens (tertiary/aromatic N) is 6. The van der Waals surface area contributed by atoms with E-state index in [1.54, 1.807) is 12.3 Å². The summed E-state index contributed by atoms with van der Waals surface area (Å²) in [7, 11) is -1.69. The van der Waals surface area contributed by atoms with Crippen LogP contribution in [-0.4, -0.2) is 68.0 Å². The van der Waals surface area contributed by atoms with Crippen LogP contribution in [0.4, 0.5) is 23.1 Å². The monoisotopic (exact) mass is 477 g/mol. The van der Waals surface area contributed by atoms with Crippen LogP contribution in [0.2, 0.25) is 0 Å². The predicted molar refractivity (Wildman–Crippen MR) is 134 cm³/mol. The first-order valence-electron chi connectivity index (χ1n) is 11.2. The second-order valence-electron chi connectivity index (χ2n) is 8.52. The van der Waals surface area contributed by atoms with Crippen molar-refractivity contribution in [3.8, 4) is 11.3 Å². The third kappa shape index (κ3) is 3.88. The maximum atomic E-state index is 13.2. The van der Waals surface area contributed by atoms with Crippen LogP contribution >= 0.6 is 0 Å². The van der Waals surface area contributed by atoms with Crippen LogP contribution in [0.1, 0.15) is 5.56 Å². The van der Waals surface area contributed by atoms with Gasteiger partial charge in [0.15, 0.2) is 5.82 Å². The fourth-order valence-corrected chi connectivity index (χ4v) is 5.89. The van der Waals surface area contributed by atoms with Crippen molar-refractivity contribution in [1.82, 2.24) is 19.9 Å². The zero-order chi connectivity index (χ0) is 23.9. The highest BCUT2D eigenvalue weighted by Crippen LogP contribution is 2.40. The van der Waals surface area contributed by atoms with Gasteiger partial charge in [-0.2, -0.15) is 0 Å². The summed E-state index contributed by atoms with van der Waals surface area (Å²) < 4.78 is 27.6. The van der Waals surface area contributed by atoms with Crippen LogP contribution in [0, 0.1) is 6.92 Å². The van der Waals surface area contributed by atoms with Crippen LogP contribution < -0.4 is 14.5 Å². The lowest BCUT2D eigenvalue weighted by Crippen LogP contribution is -2.44. The molecule has 2 aliphatic rings. The zero-order valence-corrected chi connectivity index (χ0v) is 20.1. The van der Waals surface area contributed by atoms with Gasteiger partial charge in [0.25, 0.3) is 10.0 Å². The van der Waals surface area contributed by atoms with Crippen LogP contribution in [-0.2, 0) is 10.0 Å². The summed E-state index contributed by atoms with van der Waals surface area (Å²) in [5, 5.41) is 3.23. The number of aryl methyl sites for hydroxylation is 1. The van der Waals surface area contributed by atoms with Crippen LogP contribution in [0.5, 0.6) is 0 Å². The molecule has 2 aliphatic heterocycles. The molecule has 1 fully saturated rings. The number of anilines is 4. The lowest BCUT2D eigenvalue weighted by molar-refractivity contribution is 0.312. The average molecular weight is 478 g/mol. The van der Waals surface area contributed by atoms with E-state index in [-0.39, 0.29) is 11.4 Å². The smallest absolute Gasteiger partial charge is 0.269 e. The summed E-state index contributed by atoms with van der Waals surface area (Å²) in [6, 6.07) is 9.76. The summed E-state index contributed by atoms with van der Waals surface area (Å²) in [6.07, 6.45) is 4.46. The van der Waals surface area contributed by atoms with Gasteiger partial charge in [0.1, 0.15) is 10.6 Å². The van der Waals surface area contributed by atoms with Gasteiger partial charge in [-0.25, -0.2) is 27.7 Å². The molecule has 1 saturated heterocycles. The number of rotatable bonds is 5. The summed E-state index contributed by atoms with van der Waals surface area (Å²) in [4.78, 5) is 18.0. The quantitative estimate of drug-likeness (QED) is 0.561. The third-order valence-corrected chi connectivity index (χ3v) is 7.95. The standard InChI is InChI=1S/C24H27N7O2S/c1-4-10-31-23-19(6-5-9-25-23)22-21(34(31,32)33)16-26-24(28-22)27-18-7-8-20(17(2)15-18)30-13-11-29(3)12-14-30/h4-9,15-16H,1,10-14H2,2-3H3,(H,26,27,28). The number of benzene rings is 1. The highest BCUT2D eigenvalue weighted by molar-refractivity contribution is 7.93. The molecule has 4 heterocycles. The molecule has 9 nitrogen and oxygen atoms in total. The number of sulfonamides is 1. The van der Waals surface area contributed by atoms with Gasteiger partial charge in [0.05, 0.1) is 12.7 Å². The first kappa shape index (κ1) is 22.3. The number of nitrogens with one attached hydrogen (secondary N) is 1. The fraction of sp³-hybridized carbons (Fsp3) is 0.292. The highest BCUT2D eigenvalue weighted by atomic mass is 32.2. The molecule has 5 rings (SSSR count). The van der Waals surface area contributed by atoms with Crippen molar-refractivity contribution in [2.45, 2.75) is 11.8 Å². The van der Waals surface area contributed by atoms with Crippen molar-refractivity contribution < 1.29 is 8.42 Å². The molecule has 176 valence electrons. The van der Waals surface area contributed by atoms with Crippen molar-refractivity contribution in [1.29, 1.82) is 0 Å². The summed E-state index contributed by atoms with van der Waals surface area (Å²) in [5.41, 5.74) is 4.20. The van der Waals surface area contributed by atoms with E-state index in [0.717, 1.165) is 37.4 Å². The van der Waals surface area contributed by atoms with Gasteiger partial charge in [0, 0.05) is 49.3 Å². The Morgan fingerprint density at radius 3 is 2.68 bits per heavy atom. The zero-order valence-electron chi connectivity index (χ0n) is 19.3. The van der Waals surface area contributed by atoms with E-state index in [9.17, 15) is 8.42 Å². The molecule has 0 amide bonds. The molecule has 1 aromatic carbocycles. The maximum absolute atomic E-state index is 13.2. The Labute approximate surface area is 199 Å². The van der Waals surface area contributed by atoms with E-state index in [1.165, 1.54) is 22.3 Å². The molecule has 10 heteroatoms. The Morgan fingerprint density at radius 1 is 1.15 bits per heavy atom. The van der Waals surface area contributed by atoms with Crippen molar-refractivity contribution in [3.63, 3.8) is 0 Å². The lowest BCUT2D eigenvalue weighted by Gasteiger charge is -2.35. The van der Waals surface area contributed by atoms with Gasteiger partial charge in [-0.3, -0.25) is 0 Å². The normalized spacial score (nSPS) is 17.1. The molecule has 0 aliphatic carbocycles. The number of fused-ring (bicyclic) bond motifs is 3. The molecule has 0 atom stereocenters. The number of likely N-dealkylation sites (N-methyl/N-ethyl adjacent to an activating group) is 1. The lowest BCUT2D eigenvalue weighted by atomic mass is 10.1. The van der Waals surface area contributed by atoms with Crippen LogP contribution in [0.15, 0.2) is 60.3 Å². The first-order chi connectivity index (χ1) is 16.4. The van der Waals surface area contributed by atoms with Crippen molar-refractivity contribution in [2.75, 3.05) is 54.3 Å². The minimum atomic E-state index is -3.84. The molecule has 34 heavy (non-hydrogen) atoms. The van der Waals surface area contributed by atoms with E-state index in [2.05, 4.69) is 62.8 Å². The van der Waals surface area contributed by atoms with E-state index < -0.39 is 10.0 Å². The minimum absolute atomic E-state index is 0.0574. The molecular formula is C24H27N7O2S. The number of aromatic nitrogens is 3. The van der Waals surface area contributed by atoms with E-state index in [0.29, 0.717) is 23.0 Å². The van der Waals surface area contributed by atoms with Gasteiger partial charge in [-0.15, -0.1) is 6.58 Å². The number of piperazine rings is 1. The predicted octanol–water partition coefficient (Wildman–Crippen LogP) is 3.04. The fourth-order valence-electron chi connectivity index (χ4n) is 4.39. The maximum Gasteiger partial charge on any atom is 0.269 e. The molecule has 0 bridgehead atoms. The largest absolute Gasteiger partial charge is 0.369 e. The Kier molecular flexibility index (Phi) is 5.70. The number of hydrogen-bond donors (Lipinski definition) is 1. The van der Waals surface area contributed by atoms with Gasteiger partial charge in [-0.1, -0.05) is 6.08 Å². The summed E-state index contributed by atoms with van der Waals surface area (Å²) in [6.45, 7) is 9.99. The Hall–Kier alpha value is -3.50. The van der Waals surface area contributed by atoms with Gasteiger partial charge in [-0.05, 0) is 49.9 Å². The Bertz CT molecular complexity index is 1350. The molecule has 0 saturated carbocycles. The van der Waals surface area contributed by atoms with E-state index in [1.807, 2.05) is 12.1 Å². The number of hydrogen-bond acceptors (Lipinski definition) is 8. The Balaban J connectivity index is 1.46. The second-order valence-corrected chi connectivity index (χ2v) is 10.4. The highest BCUT2D eigenvalue weighted by Gasteiger charge is 2.37. The molecule has 0 radical (unpaired) electrons. The van der Waals surface area contributed by atoms with E-state index in [4.69, 9.17) is 0 Å². The number of pyridine rings is 1. The van der Waals surface area contributed by atoms with Crippen molar-refractivity contribution >= 4 is 33.2 Å².